The van der Waals surface area contributed by atoms with Gasteiger partial charge in [-0.05, 0) is 49.7 Å². The van der Waals surface area contributed by atoms with E-state index in [1.807, 2.05) is 24.3 Å². The first-order valence-corrected chi connectivity index (χ1v) is 9.59. The smallest absolute Gasteiger partial charge is 0.281 e. The summed E-state index contributed by atoms with van der Waals surface area (Å²) < 4.78 is 19.6. The van der Waals surface area contributed by atoms with Gasteiger partial charge in [-0.1, -0.05) is 23.5 Å². The summed E-state index contributed by atoms with van der Waals surface area (Å²) in [6.45, 7) is 2.58. The molecule has 0 bridgehead atoms. The number of hydrogen-bond donors (Lipinski definition) is 1. The number of hydrogen-bond acceptors (Lipinski definition) is 6. The Labute approximate surface area is 159 Å². The number of carbonyl (C=O) groups is 1. The van der Waals surface area contributed by atoms with Crippen molar-refractivity contribution in [2.24, 2.45) is 11.7 Å². The zero-order valence-corrected chi connectivity index (χ0v) is 15.4. The second-order valence-electron chi connectivity index (χ2n) is 6.65. The number of nitrogens with zero attached hydrogens (tertiary/aromatic N) is 3. The minimum Gasteiger partial charge on any atom is -0.431 e. The lowest BCUT2D eigenvalue weighted by molar-refractivity contribution is -0.123. The molecule has 6 nitrogen and oxygen atoms in total. The van der Waals surface area contributed by atoms with Crippen molar-refractivity contribution in [3.63, 3.8) is 0 Å². The van der Waals surface area contributed by atoms with Crippen LogP contribution in [0.5, 0.6) is 10.9 Å². The van der Waals surface area contributed by atoms with Crippen molar-refractivity contribution in [1.82, 2.24) is 14.9 Å². The maximum Gasteiger partial charge on any atom is 0.281 e. The second kappa shape index (κ2) is 7.58. The Morgan fingerprint density at radius 1 is 1.30 bits per heavy atom. The molecule has 1 saturated heterocycles. The van der Waals surface area contributed by atoms with Crippen LogP contribution in [0.2, 0.25) is 0 Å². The number of carbonyl (C=O) groups excluding carboxylic acids is 1. The van der Waals surface area contributed by atoms with Crippen molar-refractivity contribution >= 4 is 27.6 Å². The van der Waals surface area contributed by atoms with Crippen LogP contribution in [0.1, 0.15) is 18.4 Å². The SMILES string of the molecule is NC(=O)C1CCN(Cc2ccc(Oc3nc4ncc(F)cc4s3)cc2)CC1. The summed E-state index contributed by atoms with van der Waals surface area (Å²) in [6, 6.07) is 9.22. The largest absolute Gasteiger partial charge is 0.431 e. The molecule has 0 unspecified atom stereocenters. The van der Waals surface area contributed by atoms with Gasteiger partial charge in [0, 0.05) is 12.5 Å². The number of likely N-dealkylation sites (tertiary alicyclic amines) is 1. The maximum atomic E-state index is 13.2. The Kier molecular flexibility index (Phi) is 5.00. The molecule has 8 heteroatoms. The topological polar surface area (TPSA) is 81.3 Å². The Morgan fingerprint density at radius 2 is 2.04 bits per heavy atom. The zero-order valence-electron chi connectivity index (χ0n) is 14.6. The zero-order chi connectivity index (χ0) is 18.8. The first-order valence-electron chi connectivity index (χ1n) is 8.77. The van der Waals surface area contributed by atoms with Gasteiger partial charge in [0.15, 0.2) is 5.65 Å². The fraction of sp³-hybridized carbons (Fsp3) is 0.316. The summed E-state index contributed by atoms with van der Waals surface area (Å²) in [4.78, 5) is 21.8. The molecule has 0 spiro atoms. The number of nitrogens with two attached hydrogens (primary N) is 1. The minimum absolute atomic E-state index is 0.00815. The van der Waals surface area contributed by atoms with E-state index < -0.39 is 0 Å². The van der Waals surface area contributed by atoms with Gasteiger partial charge in [-0.3, -0.25) is 9.69 Å². The highest BCUT2D eigenvalue weighted by atomic mass is 32.1. The summed E-state index contributed by atoms with van der Waals surface area (Å²) in [5.41, 5.74) is 7.03. The summed E-state index contributed by atoms with van der Waals surface area (Å²) in [5, 5.41) is 0.435. The van der Waals surface area contributed by atoms with Crippen LogP contribution in [0.15, 0.2) is 36.5 Å². The number of amides is 1. The van der Waals surface area contributed by atoms with Crippen molar-refractivity contribution in [3.05, 3.63) is 47.9 Å². The predicted molar refractivity (Wildman–Crippen MR) is 101 cm³/mol. The molecule has 0 radical (unpaired) electrons. The van der Waals surface area contributed by atoms with Crippen LogP contribution in [0, 0.1) is 11.7 Å². The molecule has 0 atom stereocenters. The van der Waals surface area contributed by atoms with Gasteiger partial charge in [0.25, 0.3) is 5.19 Å². The Balaban J connectivity index is 1.36. The molecular weight excluding hydrogens is 367 g/mol. The van der Waals surface area contributed by atoms with Gasteiger partial charge < -0.3 is 10.5 Å². The molecule has 1 amide bonds. The maximum absolute atomic E-state index is 13.2. The number of benzene rings is 1. The van der Waals surface area contributed by atoms with Crippen LogP contribution >= 0.6 is 11.3 Å². The highest BCUT2D eigenvalue weighted by molar-refractivity contribution is 7.20. The van der Waals surface area contributed by atoms with E-state index >= 15 is 0 Å². The summed E-state index contributed by atoms with van der Waals surface area (Å²) in [7, 11) is 0. The Hall–Kier alpha value is -2.58. The van der Waals surface area contributed by atoms with Crippen LogP contribution in [0.4, 0.5) is 4.39 Å². The first kappa shape index (κ1) is 17.8. The van der Waals surface area contributed by atoms with E-state index in [1.54, 1.807) is 0 Å². The molecule has 3 heterocycles. The standard InChI is InChI=1S/C19H19FN4O2S/c20-14-9-16-18(22-10-14)23-19(27-16)26-15-3-1-12(2-4-15)11-24-7-5-13(6-8-24)17(21)25/h1-4,9-10,13H,5-8,11H2,(H2,21,25). The van der Waals surface area contributed by atoms with Crippen LogP contribution in [-0.2, 0) is 11.3 Å². The summed E-state index contributed by atoms with van der Waals surface area (Å²) in [5.74, 6) is 0.102. The summed E-state index contributed by atoms with van der Waals surface area (Å²) in [6.07, 6.45) is 2.79. The molecule has 1 aliphatic rings. The monoisotopic (exact) mass is 386 g/mol. The lowest BCUT2D eigenvalue weighted by Crippen LogP contribution is -2.38. The molecule has 1 fully saturated rings. The molecule has 1 aromatic carbocycles. The number of thiazole rings is 1. The molecule has 2 aromatic heterocycles. The number of fused-ring (bicyclic) bond motifs is 1. The average Bonchev–Trinajstić information content (AvgIpc) is 3.05. The van der Waals surface area contributed by atoms with E-state index in [0.717, 1.165) is 38.7 Å². The lowest BCUT2D eigenvalue weighted by atomic mass is 9.96. The van der Waals surface area contributed by atoms with Crippen LogP contribution < -0.4 is 10.5 Å². The molecule has 0 saturated carbocycles. The quantitative estimate of drug-likeness (QED) is 0.727. The third-order valence-corrected chi connectivity index (χ3v) is 5.59. The van der Waals surface area contributed by atoms with E-state index in [4.69, 9.17) is 10.5 Å². The van der Waals surface area contributed by atoms with Crippen LogP contribution in [0.25, 0.3) is 10.3 Å². The van der Waals surface area contributed by atoms with Crippen molar-refractivity contribution in [2.75, 3.05) is 13.1 Å². The van der Waals surface area contributed by atoms with Gasteiger partial charge in [-0.2, -0.15) is 4.98 Å². The van der Waals surface area contributed by atoms with E-state index in [9.17, 15) is 9.18 Å². The number of halogens is 1. The van der Waals surface area contributed by atoms with Gasteiger partial charge in [0.05, 0.1) is 10.9 Å². The van der Waals surface area contributed by atoms with E-state index in [1.165, 1.54) is 23.0 Å². The summed E-state index contributed by atoms with van der Waals surface area (Å²) >= 11 is 1.26. The molecular formula is C19H19FN4O2S. The minimum atomic E-state index is -0.387. The van der Waals surface area contributed by atoms with Gasteiger partial charge >= 0.3 is 0 Å². The molecule has 140 valence electrons. The number of ether oxygens (including phenoxy) is 1. The van der Waals surface area contributed by atoms with E-state index in [2.05, 4.69) is 14.9 Å². The third kappa shape index (κ3) is 4.23. The Morgan fingerprint density at radius 3 is 2.74 bits per heavy atom. The Bertz CT molecular complexity index is 952. The number of primary amides is 1. The highest BCUT2D eigenvalue weighted by Gasteiger charge is 2.22. The van der Waals surface area contributed by atoms with Gasteiger partial charge in [0.1, 0.15) is 11.6 Å². The van der Waals surface area contributed by atoms with Crippen molar-refractivity contribution in [1.29, 1.82) is 0 Å². The van der Waals surface area contributed by atoms with Gasteiger partial charge in [-0.15, -0.1) is 0 Å². The molecule has 4 rings (SSSR count). The third-order valence-electron chi connectivity index (χ3n) is 4.72. The van der Waals surface area contributed by atoms with Gasteiger partial charge in [0.2, 0.25) is 5.91 Å². The number of rotatable bonds is 5. The normalized spacial score (nSPS) is 15.9. The second-order valence-corrected chi connectivity index (χ2v) is 7.65. The van der Waals surface area contributed by atoms with E-state index in [0.29, 0.717) is 21.3 Å². The lowest BCUT2D eigenvalue weighted by Gasteiger charge is -2.30. The molecule has 1 aliphatic heterocycles. The number of pyridine rings is 1. The van der Waals surface area contributed by atoms with E-state index in [-0.39, 0.29) is 17.6 Å². The van der Waals surface area contributed by atoms with Crippen molar-refractivity contribution in [2.45, 2.75) is 19.4 Å². The fourth-order valence-corrected chi connectivity index (χ4v) is 4.04. The molecule has 0 aliphatic carbocycles. The molecule has 2 N–H and O–H groups in total. The molecule has 27 heavy (non-hydrogen) atoms. The number of aromatic nitrogens is 2. The fourth-order valence-electron chi connectivity index (χ4n) is 3.22. The average molecular weight is 386 g/mol. The van der Waals surface area contributed by atoms with Crippen molar-refractivity contribution in [3.8, 4) is 10.9 Å². The van der Waals surface area contributed by atoms with Gasteiger partial charge in [-0.25, -0.2) is 9.37 Å². The van der Waals surface area contributed by atoms with Crippen LogP contribution in [0.3, 0.4) is 0 Å². The highest BCUT2D eigenvalue weighted by Crippen LogP contribution is 2.31. The predicted octanol–water partition coefficient (Wildman–Crippen LogP) is 3.32. The first-order chi connectivity index (χ1) is 13.1. The van der Waals surface area contributed by atoms with Crippen molar-refractivity contribution < 1.29 is 13.9 Å². The molecule has 3 aromatic rings. The number of piperidine rings is 1. The van der Waals surface area contributed by atoms with Crippen LogP contribution in [-0.4, -0.2) is 33.9 Å².